The normalized spacial score (nSPS) is 14.6. The van der Waals surface area contributed by atoms with E-state index in [1.807, 2.05) is 0 Å². The second-order valence-electron chi connectivity index (χ2n) is 27.2. The van der Waals surface area contributed by atoms with E-state index in [0.717, 1.165) is 127 Å². The molecule has 0 amide bonds. The van der Waals surface area contributed by atoms with Gasteiger partial charge in [-0.1, -0.05) is 297 Å². The van der Waals surface area contributed by atoms with Crippen LogP contribution in [0.1, 0.15) is 350 Å². The number of phosphoric ester groups is 2. The molecule has 0 saturated heterocycles. The summed E-state index contributed by atoms with van der Waals surface area (Å²) in [6.07, 6.45) is 52.1. The Bertz CT molecular complexity index is 1910. The Kier molecular flexibility index (Phi) is 62.5. The number of aliphatic hydroxyl groups excluding tert-OH is 1. The molecule has 6 atom stereocenters. The second kappa shape index (κ2) is 64.2. The molecule has 0 aliphatic carbocycles. The van der Waals surface area contributed by atoms with Crippen molar-refractivity contribution in [2.45, 2.75) is 369 Å². The number of hydrogen-bond acceptors (Lipinski definition) is 15. The predicted molar refractivity (Wildman–Crippen MR) is 377 cm³/mol. The fraction of sp³-hybridized carbons (Fsp3) is 0.892. The van der Waals surface area contributed by atoms with E-state index in [9.17, 15) is 43.2 Å². The summed E-state index contributed by atoms with van der Waals surface area (Å²) in [6, 6.07) is 0. The topological polar surface area (TPSA) is 237 Å². The van der Waals surface area contributed by atoms with Crippen LogP contribution < -0.4 is 0 Å². The van der Waals surface area contributed by atoms with Crippen LogP contribution in [0.25, 0.3) is 0 Å². The van der Waals surface area contributed by atoms with Gasteiger partial charge < -0.3 is 33.8 Å². The molecule has 0 saturated carbocycles. The molecule has 0 fully saturated rings. The van der Waals surface area contributed by atoms with Crippen LogP contribution >= 0.6 is 15.6 Å². The molecule has 17 nitrogen and oxygen atoms in total. The highest BCUT2D eigenvalue weighted by atomic mass is 31.2. The highest BCUT2D eigenvalue weighted by molar-refractivity contribution is 7.47. The summed E-state index contributed by atoms with van der Waals surface area (Å²) < 4.78 is 68.4. The molecule has 0 bridgehead atoms. The number of hydrogen-bond donors (Lipinski definition) is 3. The van der Waals surface area contributed by atoms with Gasteiger partial charge in [-0.2, -0.15) is 0 Å². The Hall–Kier alpha value is -2.46. The van der Waals surface area contributed by atoms with Crippen LogP contribution in [0.4, 0.5) is 0 Å². The first kappa shape index (κ1) is 90.5. The molecule has 0 rings (SSSR count). The Morgan fingerprint density at radius 3 is 0.957 bits per heavy atom. The fourth-order valence-corrected chi connectivity index (χ4v) is 12.3. The van der Waals surface area contributed by atoms with Crippen molar-refractivity contribution in [2.24, 2.45) is 17.8 Å². The third-order valence-corrected chi connectivity index (χ3v) is 18.8. The molecular formula is C74H140O17P2. The molecular weight excluding hydrogens is 1220 g/mol. The molecule has 548 valence electrons. The Morgan fingerprint density at radius 2 is 0.634 bits per heavy atom. The van der Waals surface area contributed by atoms with Crippen LogP contribution in [0.3, 0.4) is 0 Å². The average Bonchev–Trinajstić information content (AvgIpc) is 2.27. The third kappa shape index (κ3) is 66.6. The average molecular weight is 1360 g/mol. The highest BCUT2D eigenvalue weighted by Gasteiger charge is 2.30. The van der Waals surface area contributed by atoms with Gasteiger partial charge in [-0.25, -0.2) is 9.13 Å². The molecule has 0 aromatic rings. The molecule has 0 radical (unpaired) electrons. The van der Waals surface area contributed by atoms with Crippen LogP contribution in [0.5, 0.6) is 0 Å². The Balaban J connectivity index is 5.30. The first-order chi connectivity index (χ1) is 44.8. The molecule has 0 spiro atoms. The van der Waals surface area contributed by atoms with Gasteiger partial charge in [0.25, 0.3) is 0 Å². The van der Waals surface area contributed by atoms with E-state index >= 15 is 0 Å². The first-order valence-corrected chi connectivity index (χ1v) is 40.7. The number of carbonyl (C=O) groups is 4. The van der Waals surface area contributed by atoms with Crippen molar-refractivity contribution in [3.05, 3.63) is 24.3 Å². The summed E-state index contributed by atoms with van der Waals surface area (Å²) in [5.74, 6) is 0.115. The Labute approximate surface area is 567 Å². The van der Waals surface area contributed by atoms with E-state index in [-0.39, 0.29) is 25.7 Å². The van der Waals surface area contributed by atoms with Crippen molar-refractivity contribution in [1.29, 1.82) is 0 Å². The van der Waals surface area contributed by atoms with Crippen molar-refractivity contribution in [2.75, 3.05) is 39.6 Å². The van der Waals surface area contributed by atoms with Gasteiger partial charge in [-0.3, -0.25) is 37.3 Å². The van der Waals surface area contributed by atoms with Crippen LogP contribution in [-0.4, -0.2) is 96.7 Å². The lowest BCUT2D eigenvalue weighted by molar-refractivity contribution is -0.161. The fourth-order valence-electron chi connectivity index (χ4n) is 10.7. The molecule has 93 heavy (non-hydrogen) atoms. The monoisotopic (exact) mass is 1360 g/mol. The summed E-state index contributed by atoms with van der Waals surface area (Å²) in [5.41, 5.74) is 0. The zero-order valence-electron chi connectivity index (χ0n) is 60.2. The molecule has 4 unspecified atom stereocenters. The number of aliphatic hydroxyl groups is 1. The zero-order chi connectivity index (χ0) is 68.7. The van der Waals surface area contributed by atoms with Crippen molar-refractivity contribution < 1.29 is 80.2 Å². The summed E-state index contributed by atoms with van der Waals surface area (Å²) in [7, 11) is -9.92. The van der Waals surface area contributed by atoms with Gasteiger partial charge >= 0.3 is 39.5 Å². The maximum atomic E-state index is 13.1. The molecule has 19 heteroatoms. The van der Waals surface area contributed by atoms with Gasteiger partial charge in [0, 0.05) is 25.7 Å². The van der Waals surface area contributed by atoms with Gasteiger partial charge in [-0.15, -0.1) is 0 Å². The third-order valence-electron chi connectivity index (χ3n) is 16.9. The van der Waals surface area contributed by atoms with Crippen LogP contribution in [-0.2, 0) is 65.4 Å². The van der Waals surface area contributed by atoms with Crippen molar-refractivity contribution in [3.63, 3.8) is 0 Å². The summed E-state index contributed by atoms with van der Waals surface area (Å²) >= 11 is 0. The number of rotatable bonds is 70. The van der Waals surface area contributed by atoms with E-state index in [1.165, 1.54) is 135 Å². The van der Waals surface area contributed by atoms with Crippen molar-refractivity contribution in [1.82, 2.24) is 0 Å². The van der Waals surface area contributed by atoms with Crippen molar-refractivity contribution >= 4 is 39.5 Å². The number of carbonyl (C=O) groups excluding carboxylic acids is 4. The van der Waals surface area contributed by atoms with Crippen LogP contribution in [0, 0.1) is 17.8 Å². The minimum atomic E-state index is -4.96. The summed E-state index contributed by atoms with van der Waals surface area (Å²) in [4.78, 5) is 72.7. The van der Waals surface area contributed by atoms with E-state index in [0.29, 0.717) is 31.6 Å². The molecule has 0 aromatic heterocycles. The first-order valence-electron chi connectivity index (χ1n) is 37.7. The summed E-state index contributed by atoms with van der Waals surface area (Å²) in [5, 5.41) is 10.6. The molecule has 0 heterocycles. The number of unbranched alkanes of at least 4 members (excludes halogenated alkanes) is 34. The standard InChI is InChI=1S/C74H140O17P2/c1-8-10-11-12-13-14-15-16-17-18-21-27-34-41-48-55-71(76)84-61-69(90-74(79)58-51-44-36-29-24-23-26-33-40-47-54-67(7)9-2)63-88-92(80,81)86-59-68(75)60-87-93(82,83)89-64-70(62-85-72(77)56-49-42-37-30-32-39-46-53-66(5)6)91-73(78)57-50-43-35-28-22-19-20-25-31-38-45-52-65(3)4/h14-17,65-70,75H,8-13,18-64H2,1-7H3,(H,80,81)(H,82,83)/b15-14-,17-16-/t67?,68?,69-,70-/m1/s1. The van der Waals surface area contributed by atoms with E-state index < -0.39 is 97.5 Å². The lowest BCUT2D eigenvalue weighted by Gasteiger charge is -2.21. The minimum Gasteiger partial charge on any atom is -0.462 e. The molecule has 0 aromatic carbocycles. The quantitative estimate of drug-likeness (QED) is 0.0169. The van der Waals surface area contributed by atoms with Crippen molar-refractivity contribution in [3.8, 4) is 0 Å². The van der Waals surface area contributed by atoms with E-state index in [1.54, 1.807) is 0 Å². The highest BCUT2D eigenvalue weighted by Crippen LogP contribution is 2.45. The lowest BCUT2D eigenvalue weighted by atomic mass is 9.99. The lowest BCUT2D eigenvalue weighted by Crippen LogP contribution is -2.30. The smallest absolute Gasteiger partial charge is 0.462 e. The SMILES string of the molecule is CCCCCC/C=C\C=C/CCCCCCCC(=O)OC[C@H](COP(=O)(O)OCC(O)COP(=O)(O)OC[C@@H](COC(=O)CCCCCCCCCC(C)C)OC(=O)CCCCCCCCCCCCCC(C)C)OC(=O)CCCCCCCCCCCCC(C)CC. The van der Waals surface area contributed by atoms with Gasteiger partial charge in [0.1, 0.15) is 19.3 Å². The van der Waals surface area contributed by atoms with Gasteiger partial charge in [0.2, 0.25) is 0 Å². The summed E-state index contributed by atoms with van der Waals surface area (Å²) in [6.45, 7) is 11.8. The van der Waals surface area contributed by atoms with E-state index in [4.69, 9.17) is 37.0 Å². The number of ether oxygens (including phenoxy) is 4. The zero-order valence-corrected chi connectivity index (χ0v) is 62.0. The molecule has 0 aliphatic rings. The number of phosphoric acid groups is 2. The van der Waals surface area contributed by atoms with Gasteiger partial charge in [-0.05, 0) is 69.1 Å². The largest absolute Gasteiger partial charge is 0.472 e. The van der Waals surface area contributed by atoms with Gasteiger partial charge in [0.15, 0.2) is 12.2 Å². The number of esters is 4. The van der Waals surface area contributed by atoms with E-state index in [2.05, 4.69) is 72.8 Å². The number of allylic oxidation sites excluding steroid dienone is 4. The minimum absolute atomic E-state index is 0.0989. The second-order valence-corrected chi connectivity index (χ2v) is 30.1. The maximum Gasteiger partial charge on any atom is 0.472 e. The predicted octanol–water partition coefficient (Wildman–Crippen LogP) is 21.0. The molecule has 0 aliphatic heterocycles. The van der Waals surface area contributed by atoms with Crippen LogP contribution in [0.15, 0.2) is 24.3 Å². The molecule has 3 N–H and O–H groups in total. The van der Waals surface area contributed by atoms with Crippen LogP contribution in [0.2, 0.25) is 0 Å². The van der Waals surface area contributed by atoms with Gasteiger partial charge in [0.05, 0.1) is 26.4 Å². The maximum absolute atomic E-state index is 13.1. The Morgan fingerprint density at radius 1 is 0.355 bits per heavy atom.